The van der Waals surface area contributed by atoms with Crippen molar-refractivity contribution in [3.63, 3.8) is 0 Å². The number of rotatable bonds is 5. The van der Waals surface area contributed by atoms with Crippen LogP contribution in [-0.2, 0) is 22.5 Å². The zero-order valence-corrected chi connectivity index (χ0v) is 9.06. The second-order valence-corrected chi connectivity index (χ2v) is 3.41. The molecule has 5 nitrogen and oxygen atoms in total. The number of aromatic nitrogens is 3. The Labute approximate surface area is 88.7 Å². The van der Waals surface area contributed by atoms with Gasteiger partial charge in [-0.25, -0.2) is 4.68 Å². The van der Waals surface area contributed by atoms with Crippen LogP contribution < -0.4 is 0 Å². The highest BCUT2D eigenvalue weighted by atomic mass is 16.5. The quantitative estimate of drug-likeness (QED) is 0.535. The van der Waals surface area contributed by atoms with E-state index >= 15 is 0 Å². The number of hydrogen-bond donors (Lipinski definition) is 0. The van der Waals surface area contributed by atoms with Crippen LogP contribution in [0.15, 0.2) is 18.3 Å². The van der Waals surface area contributed by atoms with E-state index in [2.05, 4.69) is 21.6 Å². The summed E-state index contributed by atoms with van der Waals surface area (Å²) in [6.45, 7) is 6.26. The van der Waals surface area contributed by atoms with Crippen LogP contribution in [-0.4, -0.2) is 28.1 Å². The van der Waals surface area contributed by atoms with E-state index in [4.69, 9.17) is 0 Å². The molecule has 0 amide bonds. The van der Waals surface area contributed by atoms with Crippen molar-refractivity contribution in [3.05, 3.63) is 24.0 Å². The zero-order valence-electron chi connectivity index (χ0n) is 9.06. The molecule has 0 saturated carbocycles. The fourth-order valence-electron chi connectivity index (χ4n) is 1.21. The van der Waals surface area contributed by atoms with Gasteiger partial charge in [-0.05, 0) is 6.92 Å². The van der Waals surface area contributed by atoms with Crippen LogP contribution >= 0.6 is 0 Å². The normalized spacial score (nSPS) is 10.0. The van der Waals surface area contributed by atoms with Gasteiger partial charge in [0, 0.05) is 6.42 Å². The molecule has 0 radical (unpaired) electrons. The average molecular weight is 209 g/mol. The number of carbonyl (C=O) groups excluding carboxylic acids is 1. The lowest BCUT2D eigenvalue weighted by Gasteiger charge is -2.04. The summed E-state index contributed by atoms with van der Waals surface area (Å²) >= 11 is 0. The fourth-order valence-corrected chi connectivity index (χ4v) is 1.21. The Balaban J connectivity index is 2.57. The number of ether oxygens (including phenoxy) is 1. The van der Waals surface area contributed by atoms with E-state index in [1.807, 2.05) is 6.92 Å². The Bertz CT molecular complexity index is 357. The molecule has 0 aliphatic carbocycles. The second-order valence-electron chi connectivity index (χ2n) is 3.41. The molecule has 0 atom stereocenters. The maximum Gasteiger partial charge on any atom is 0.307 e. The zero-order chi connectivity index (χ0) is 11.3. The van der Waals surface area contributed by atoms with Crippen molar-refractivity contribution < 1.29 is 9.53 Å². The topological polar surface area (TPSA) is 57.0 Å². The van der Waals surface area contributed by atoms with Gasteiger partial charge in [0.25, 0.3) is 0 Å². The first-order valence-electron chi connectivity index (χ1n) is 4.72. The summed E-state index contributed by atoms with van der Waals surface area (Å²) in [5.41, 5.74) is 2.00. The number of carbonyl (C=O) groups is 1. The summed E-state index contributed by atoms with van der Waals surface area (Å²) in [6, 6.07) is 0. The Morgan fingerprint density at radius 2 is 2.40 bits per heavy atom. The minimum Gasteiger partial charge on any atom is -0.469 e. The Hall–Kier alpha value is -1.65. The molecule has 0 fully saturated rings. The number of allylic oxidation sites excluding steroid dienone is 1. The van der Waals surface area contributed by atoms with Crippen molar-refractivity contribution in [2.75, 3.05) is 7.11 Å². The van der Waals surface area contributed by atoms with Crippen molar-refractivity contribution in [3.8, 4) is 0 Å². The van der Waals surface area contributed by atoms with Crippen LogP contribution in [0.2, 0.25) is 0 Å². The van der Waals surface area contributed by atoms with Gasteiger partial charge >= 0.3 is 5.97 Å². The van der Waals surface area contributed by atoms with Crippen LogP contribution in [0.5, 0.6) is 0 Å². The molecule has 1 aromatic heterocycles. The predicted molar refractivity (Wildman–Crippen MR) is 55.2 cm³/mol. The van der Waals surface area contributed by atoms with Gasteiger partial charge in [0.05, 0.1) is 32.0 Å². The van der Waals surface area contributed by atoms with Crippen LogP contribution in [0.4, 0.5) is 0 Å². The Morgan fingerprint density at radius 1 is 1.67 bits per heavy atom. The number of nitrogens with zero attached hydrogens (tertiary/aromatic N) is 3. The van der Waals surface area contributed by atoms with E-state index < -0.39 is 0 Å². The molecule has 0 aliphatic rings. The maximum atomic E-state index is 10.9. The van der Waals surface area contributed by atoms with Crippen molar-refractivity contribution in [1.82, 2.24) is 15.0 Å². The third-order valence-electron chi connectivity index (χ3n) is 1.94. The molecule has 0 bridgehead atoms. The third kappa shape index (κ3) is 3.53. The Kier molecular flexibility index (Phi) is 4.03. The molecule has 82 valence electrons. The van der Waals surface area contributed by atoms with Crippen molar-refractivity contribution in [2.45, 2.75) is 26.3 Å². The number of aryl methyl sites for hydroxylation is 1. The largest absolute Gasteiger partial charge is 0.469 e. The molecule has 15 heavy (non-hydrogen) atoms. The molecule has 0 saturated heterocycles. The van der Waals surface area contributed by atoms with Crippen LogP contribution in [0.1, 0.15) is 19.0 Å². The van der Waals surface area contributed by atoms with Gasteiger partial charge in [-0.3, -0.25) is 4.79 Å². The Morgan fingerprint density at radius 3 is 3.00 bits per heavy atom. The maximum absolute atomic E-state index is 10.9. The van der Waals surface area contributed by atoms with Gasteiger partial charge in [0.2, 0.25) is 0 Å². The number of methoxy groups -OCH3 is 1. The lowest BCUT2D eigenvalue weighted by molar-refractivity contribution is -0.140. The molecule has 0 spiro atoms. The minimum absolute atomic E-state index is 0.244. The SMILES string of the molecule is C=C(C)Cc1cnnn1CCC(=O)OC. The lowest BCUT2D eigenvalue weighted by Crippen LogP contribution is -2.11. The van der Waals surface area contributed by atoms with E-state index in [0.29, 0.717) is 13.0 Å². The molecule has 1 rings (SSSR count). The van der Waals surface area contributed by atoms with Gasteiger partial charge in [-0.2, -0.15) is 0 Å². The van der Waals surface area contributed by atoms with E-state index in [9.17, 15) is 4.79 Å². The standard InChI is InChI=1S/C10H15N3O2/c1-8(2)6-9-7-11-12-13(9)5-4-10(14)15-3/h7H,1,4-6H2,2-3H3. The first kappa shape index (κ1) is 11.4. The molecule has 0 unspecified atom stereocenters. The van der Waals surface area contributed by atoms with E-state index in [-0.39, 0.29) is 5.97 Å². The number of hydrogen-bond acceptors (Lipinski definition) is 4. The van der Waals surface area contributed by atoms with Gasteiger partial charge in [-0.15, -0.1) is 5.10 Å². The lowest BCUT2D eigenvalue weighted by atomic mass is 10.2. The highest BCUT2D eigenvalue weighted by Gasteiger charge is 2.06. The summed E-state index contributed by atoms with van der Waals surface area (Å²) in [5, 5.41) is 7.69. The van der Waals surface area contributed by atoms with Crippen molar-refractivity contribution in [1.29, 1.82) is 0 Å². The summed E-state index contributed by atoms with van der Waals surface area (Å²) in [6.07, 6.45) is 2.73. The highest BCUT2D eigenvalue weighted by molar-refractivity contribution is 5.68. The average Bonchev–Trinajstić information content (AvgIpc) is 2.61. The van der Waals surface area contributed by atoms with Gasteiger partial charge in [0.15, 0.2) is 0 Å². The molecule has 1 heterocycles. The highest BCUT2D eigenvalue weighted by Crippen LogP contribution is 2.04. The van der Waals surface area contributed by atoms with Gasteiger partial charge in [-0.1, -0.05) is 17.4 Å². The molecular formula is C10H15N3O2. The minimum atomic E-state index is -0.244. The molecular weight excluding hydrogens is 194 g/mol. The van der Waals surface area contributed by atoms with E-state index in [1.54, 1.807) is 10.9 Å². The molecule has 5 heteroatoms. The summed E-state index contributed by atoms with van der Waals surface area (Å²) in [4.78, 5) is 10.9. The smallest absolute Gasteiger partial charge is 0.307 e. The van der Waals surface area contributed by atoms with Gasteiger partial charge in [0.1, 0.15) is 0 Å². The molecule has 0 N–H and O–H groups in total. The van der Waals surface area contributed by atoms with Crippen molar-refractivity contribution >= 4 is 5.97 Å². The van der Waals surface area contributed by atoms with Crippen LogP contribution in [0.3, 0.4) is 0 Å². The van der Waals surface area contributed by atoms with Gasteiger partial charge < -0.3 is 4.74 Å². The summed E-state index contributed by atoms with van der Waals surface area (Å²) in [7, 11) is 1.37. The second kappa shape index (κ2) is 5.29. The van der Waals surface area contributed by atoms with E-state index in [0.717, 1.165) is 17.7 Å². The molecule has 0 aromatic carbocycles. The summed E-state index contributed by atoms with van der Waals surface area (Å²) < 4.78 is 6.25. The fraction of sp³-hybridized carbons (Fsp3) is 0.500. The number of esters is 1. The summed E-state index contributed by atoms with van der Waals surface area (Å²) in [5.74, 6) is -0.244. The van der Waals surface area contributed by atoms with Crippen molar-refractivity contribution in [2.24, 2.45) is 0 Å². The first-order valence-corrected chi connectivity index (χ1v) is 4.72. The third-order valence-corrected chi connectivity index (χ3v) is 1.94. The molecule has 0 aliphatic heterocycles. The van der Waals surface area contributed by atoms with E-state index in [1.165, 1.54) is 7.11 Å². The van der Waals surface area contributed by atoms with Crippen LogP contribution in [0, 0.1) is 0 Å². The molecule has 1 aromatic rings. The first-order chi connectivity index (χ1) is 7.13. The monoisotopic (exact) mass is 209 g/mol. The van der Waals surface area contributed by atoms with Crippen LogP contribution in [0.25, 0.3) is 0 Å². The predicted octanol–water partition coefficient (Wildman–Crippen LogP) is 0.960.